The minimum Gasteiger partial charge on any atom is -0.396 e. The molecule has 90 valence electrons. The highest BCUT2D eigenvalue weighted by Crippen LogP contribution is 2.37. The summed E-state index contributed by atoms with van der Waals surface area (Å²) in [6.07, 6.45) is 1.93. The highest BCUT2D eigenvalue weighted by atomic mass is 79.9. The Morgan fingerprint density at radius 2 is 1.87 bits per heavy atom. The van der Waals surface area contributed by atoms with Crippen molar-refractivity contribution in [2.45, 2.75) is 52.1 Å². The third-order valence-corrected chi connectivity index (χ3v) is 8.88. The Labute approximate surface area is 108 Å². The maximum Gasteiger partial charge on any atom is 0.194 e. The van der Waals surface area contributed by atoms with E-state index in [1.54, 1.807) is 11.8 Å². The number of rotatable bonds is 3. The molecule has 0 aromatic heterocycles. The molecular formula is C10H22BrNOSSi. The molecule has 1 atom stereocenters. The summed E-state index contributed by atoms with van der Waals surface area (Å²) in [6.45, 7) is 13.2. The van der Waals surface area contributed by atoms with E-state index in [4.69, 9.17) is 4.43 Å². The molecule has 0 saturated heterocycles. The van der Waals surface area contributed by atoms with E-state index in [1.165, 1.54) is 0 Å². The Bertz CT molecular complexity index is 238. The summed E-state index contributed by atoms with van der Waals surface area (Å²) in [5.41, 5.74) is 0. The molecule has 0 aliphatic heterocycles. The van der Waals surface area contributed by atoms with Crippen molar-refractivity contribution in [1.82, 2.24) is 0 Å². The fraction of sp³-hybridized carbons (Fsp3) is 0.900. The van der Waals surface area contributed by atoms with Gasteiger partial charge in [-0.1, -0.05) is 20.8 Å². The van der Waals surface area contributed by atoms with Crippen molar-refractivity contribution in [3.05, 3.63) is 0 Å². The first-order chi connectivity index (χ1) is 6.60. The molecule has 0 saturated carbocycles. The standard InChI is InChI=1S/C10H22BrNOSSi/c1-8(12-9(11)14-5)13-15(6,7)10(2,3)4/h8H,1-7H3/b12-9-. The van der Waals surface area contributed by atoms with Crippen molar-refractivity contribution in [2.24, 2.45) is 4.99 Å². The molecule has 0 fully saturated rings. The smallest absolute Gasteiger partial charge is 0.194 e. The Balaban J connectivity index is 4.48. The van der Waals surface area contributed by atoms with Crippen LogP contribution >= 0.6 is 27.7 Å². The van der Waals surface area contributed by atoms with Gasteiger partial charge in [-0.2, -0.15) is 0 Å². The molecule has 0 amide bonds. The van der Waals surface area contributed by atoms with Crippen LogP contribution in [-0.4, -0.2) is 24.8 Å². The van der Waals surface area contributed by atoms with E-state index in [0.717, 1.165) is 3.95 Å². The van der Waals surface area contributed by atoms with E-state index >= 15 is 0 Å². The molecule has 0 spiro atoms. The molecule has 0 N–H and O–H groups in total. The van der Waals surface area contributed by atoms with Crippen LogP contribution in [-0.2, 0) is 4.43 Å². The molecule has 0 aromatic carbocycles. The summed E-state index contributed by atoms with van der Waals surface area (Å²) in [5, 5.41) is 0.239. The second-order valence-electron chi connectivity index (χ2n) is 5.06. The van der Waals surface area contributed by atoms with Crippen LogP contribution in [0.2, 0.25) is 18.1 Å². The molecule has 0 heterocycles. The molecule has 0 radical (unpaired) electrons. The van der Waals surface area contributed by atoms with Gasteiger partial charge in [-0.05, 0) is 47.2 Å². The van der Waals surface area contributed by atoms with Crippen molar-refractivity contribution < 1.29 is 4.43 Å². The predicted octanol–water partition coefficient (Wildman–Crippen LogP) is 4.47. The highest BCUT2D eigenvalue weighted by Gasteiger charge is 2.38. The minimum atomic E-state index is -1.68. The molecule has 0 aliphatic rings. The Hall–Kier alpha value is 0.677. The number of halogens is 1. The Kier molecular flexibility index (Phi) is 6.11. The van der Waals surface area contributed by atoms with Crippen LogP contribution in [0.1, 0.15) is 27.7 Å². The van der Waals surface area contributed by atoms with Gasteiger partial charge in [-0.3, -0.25) is 0 Å². The zero-order chi connectivity index (χ0) is 12.3. The molecule has 0 aromatic rings. The minimum absolute atomic E-state index is 0.0623. The van der Waals surface area contributed by atoms with Crippen LogP contribution in [0.5, 0.6) is 0 Å². The predicted molar refractivity (Wildman–Crippen MR) is 77.6 cm³/mol. The molecule has 15 heavy (non-hydrogen) atoms. The lowest BCUT2D eigenvalue weighted by Crippen LogP contribution is -2.43. The monoisotopic (exact) mass is 311 g/mol. The molecule has 0 rings (SSSR count). The van der Waals surface area contributed by atoms with Gasteiger partial charge in [0.1, 0.15) is 10.2 Å². The summed E-state index contributed by atoms with van der Waals surface area (Å²) in [5.74, 6) is 0. The second kappa shape index (κ2) is 5.84. The number of nitrogens with zero attached hydrogens (tertiary/aromatic N) is 1. The zero-order valence-corrected chi connectivity index (χ0v) is 14.1. The van der Waals surface area contributed by atoms with E-state index in [0.29, 0.717) is 0 Å². The summed E-state index contributed by atoms with van der Waals surface area (Å²) < 4.78 is 6.98. The van der Waals surface area contributed by atoms with Crippen LogP contribution in [0.3, 0.4) is 0 Å². The van der Waals surface area contributed by atoms with E-state index in [1.807, 2.05) is 13.2 Å². The van der Waals surface area contributed by atoms with Gasteiger partial charge in [0.15, 0.2) is 8.32 Å². The van der Waals surface area contributed by atoms with Gasteiger partial charge in [0.25, 0.3) is 0 Å². The SMILES string of the molecule is CS/C(Br)=N\C(C)O[Si](C)(C)C(C)(C)C. The average Bonchev–Trinajstić information content (AvgIpc) is 2.00. The number of aliphatic imine (C=N–C) groups is 1. The first-order valence-electron chi connectivity index (χ1n) is 5.05. The summed E-state index contributed by atoms with van der Waals surface area (Å²) >= 11 is 4.97. The maximum atomic E-state index is 6.08. The van der Waals surface area contributed by atoms with Crippen LogP contribution < -0.4 is 0 Å². The lowest BCUT2D eigenvalue weighted by Gasteiger charge is -2.37. The van der Waals surface area contributed by atoms with E-state index < -0.39 is 8.32 Å². The normalized spacial score (nSPS) is 16.7. The van der Waals surface area contributed by atoms with Crippen molar-refractivity contribution in [1.29, 1.82) is 0 Å². The van der Waals surface area contributed by atoms with E-state index in [2.05, 4.69) is 54.8 Å². The zero-order valence-electron chi connectivity index (χ0n) is 10.7. The molecule has 5 heteroatoms. The first kappa shape index (κ1) is 15.7. The molecule has 0 aliphatic carbocycles. The summed E-state index contributed by atoms with van der Waals surface area (Å²) in [6, 6.07) is 0. The number of hydrogen-bond acceptors (Lipinski definition) is 3. The highest BCUT2D eigenvalue weighted by molar-refractivity contribution is 9.22. The van der Waals surface area contributed by atoms with Gasteiger partial charge in [-0.25, -0.2) is 4.99 Å². The van der Waals surface area contributed by atoms with Crippen molar-refractivity contribution in [3.8, 4) is 0 Å². The Morgan fingerprint density at radius 3 is 2.20 bits per heavy atom. The van der Waals surface area contributed by atoms with Crippen LogP contribution in [0.4, 0.5) is 0 Å². The first-order valence-corrected chi connectivity index (χ1v) is 9.98. The quantitative estimate of drug-likeness (QED) is 0.436. The molecule has 0 bridgehead atoms. The maximum absolute atomic E-state index is 6.08. The fourth-order valence-electron chi connectivity index (χ4n) is 0.825. The van der Waals surface area contributed by atoms with Gasteiger partial charge < -0.3 is 4.43 Å². The van der Waals surface area contributed by atoms with Gasteiger partial charge >= 0.3 is 0 Å². The average molecular weight is 312 g/mol. The van der Waals surface area contributed by atoms with Gasteiger partial charge in [0.05, 0.1) is 0 Å². The van der Waals surface area contributed by atoms with E-state index in [-0.39, 0.29) is 11.3 Å². The Morgan fingerprint density at radius 1 is 1.40 bits per heavy atom. The van der Waals surface area contributed by atoms with E-state index in [9.17, 15) is 0 Å². The lowest BCUT2D eigenvalue weighted by molar-refractivity contribution is 0.209. The van der Waals surface area contributed by atoms with Crippen LogP contribution in [0, 0.1) is 0 Å². The summed E-state index contributed by atoms with van der Waals surface area (Å²) in [7, 11) is -1.68. The van der Waals surface area contributed by atoms with Crippen molar-refractivity contribution in [3.63, 3.8) is 0 Å². The molecular weight excluding hydrogens is 290 g/mol. The summed E-state index contributed by atoms with van der Waals surface area (Å²) in [4.78, 5) is 4.40. The second-order valence-corrected chi connectivity index (χ2v) is 11.9. The fourth-order valence-corrected chi connectivity index (χ4v) is 2.63. The number of hydrogen-bond donors (Lipinski definition) is 0. The third kappa shape index (κ3) is 5.52. The van der Waals surface area contributed by atoms with Crippen LogP contribution in [0.25, 0.3) is 0 Å². The van der Waals surface area contributed by atoms with Gasteiger partial charge in [0.2, 0.25) is 0 Å². The van der Waals surface area contributed by atoms with Crippen molar-refractivity contribution in [2.75, 3.05) is 6.26 Å². The van der Waals surface area contributed by atoms with Gasteiger partial charge in [-0.15, -0.1) is 11.8 Å². The molecule has 2 nitrogen and oxygen atoms in total. The number of thioether (sulfide) groups is 1. The van der Waals surface area contributed by atoms with Gasteiger partial charge in [0, 0.05) is 0 Å². The van der Waals surface area contributed by atoms with Crippen LogP contribution in [0.15, 0.2) is 4.99 Å². The lowest BCUT2D eigenvalue weighted by atomic mass is 10.2. The van der Waals surface area contributed by atoms with Crippen molar-refractivity contribution >= 4 is 40.0 Å². The third-order valence-electron chi connectivity index (χ3n) is 2.72. The largest absolute Gasteiger partial charge is 0.396 e. The molecule has 1 unspecified atom stereocenters. The topological polar surface area (TPSA) is 21.6 Å².